The van der Waals surface area contributed by atoms with Crippen molar-refractivity contribution in [3.05, 3.63) is 102 Å². The van der Waals surface area contributed by atoms with Crippen molar-refractivity contribution in [3.63, 3.8) is 0 Å². The Hall–Kier alpha value is -4.72. The summed E-state index contributed by atoms with van der Waals surface area (Å²) in [6.45, 7) is 0. The number of benzene rings is 3. The number of furan rings is 1. The summed E-state index contributed by atoms with van der Waals surface area (Å²) < 4.78 is 19.3. The minimum Gasteiger partial charge on any atom is -0.507 e. The molecule has 7 nitrogen and oxygen atoms in total. The van der Waals surface area contributed by atoms with Gasteiger partial charge < -0.3 is 14.5 Å². The maximum absolute atomic E-state index is 13.7. The Bertz CT molecular complexity index is 1630. The Morgan fingerprint density at radius 1 is 1.03 bits per heavy atom. The Morgan fingerprint density at radius 3 is 2.68 bits per heavy atom. The van der Waals surface area contributed by atoms with Crippen LogP contribution < -0.4 is 4.90 Å². The summed E-state index contributed by atoms with van der Waals surface area (Å²) in [6.07, 6.45) is 1.42. The lowest BCUT2D eigenvalue weighted by molar-refractivity contribution is -0.132. The van der Waals surface area contributed by atoms with E-state index >= 15 is 0 Å². The van der Waals surface area contributed by atoms with Crippen molar-refractivity contribution in [1.29, 1.82) is 0 Å². The number of anilines is 1. The predicted octanol–water partition coefficient (Wildman–Crippen LogP) is 5.07. The number of halogens is 1. The zero-order valence-corrected chi connectivity index (χ0v) is 17.5. The smallest absolute Gasteiger partial charge is 0.302 e. The number of carbonyl (C=O) groups is 2. The standard InChI is InChI=1S/C26H16FN3O4/c27-15-10-11-18-19(13-15)29-26(28-18)30-22(20-9-4-12-34-20)21(24(32)25(30)33)23(31)17-8-3-6-14-5-1-2-7-16(14)17/h1-13,22,31H,(H,28,29)/b23-21+. The van der Waals surface area contributed by atoms with Crippen LogP contribution in [0.1, 0.15) is 17.4 Å². The summed E-state index contributed by atoms with van der Waals surface area (Å²) in [5.74, 6) is -2.24. The highest BCUT2D eigenvalue weighted by Crippen LogP contribution is 2.42. The molecular formula is C26H16FN3O4. The molecule has 3 heterocycles. The number of ketones is 1. The van der Waals surface area contributed by atoms with Crippen molar-refractivity contribution in [2.75, 3.05) is 4.90 Å². The van der Waals surface area contributed by atoms with Gasteiger partial charge in [-0.2, -0.15) is 0 Å². The lowest BCUT2D eigenvalue weighted by Crippen LogP contribution is -2.30. The van der Waals surface area contributed by atoms with Gasteiger partial charge in [-0.15, -0.1) is 0 Å². The van der Waals surface area contributed by atoms with Crippen molar-refractivity contribution >= 4 is 45.2 Å². The fourth-order valence-electron chi connectivity index (χ4n) is 4.43. The molecule has 0 bridgehead atoms. The van der Waals surface area contributed by atoms with Gasteiger partial charge in [-0.1, -0.05) is 42.5 Å². The average molecular weight is 453 g/mol. The van der Waals surface area contributed by atoms with Crippen LogP contribution in [-0.4, -0.2) is 26.8 Å². The second-order valence-electron chi connectivity index (χ2n) is 7.93. The second-order valence-corrected chi connectivity index (χ2v) is 7.93. The van der Waals surface area contributed by atoms with Gasteiger partial charge >= 0.3 is 5.91 Å². The van der Waals surface area contributed by atoms with Crippen LogP contribution in [-0.2, 0) is 9.59 Å². The molecule has 1 amide bonds. The van der Waals surface area contributed by atoms with Gasteiger partial charge in [-0.25, -0.2) is 9.37 Å². The number of hydrogen-bond acceptors (Lipinski definition) is 5. The number of amides is 1. The number of rotatable bonds is 3. The molecule has 166 valence electrons. The zero-order valence-electron chi connectivity index (χ0n) is 17.5. The van der Waals surface area contributed by atoms with Crippen LogP contribution in [0.15, 0.2) is 89.0 Å². The molecule has 0 spiro atoms. The largest absolute Gasteiger partial charge is 0.507 e. The number of aromatic nitrogens is 2. The molecule has 0 saturated carbocycles. The van der Waals surface area contributed by atoms with Crippen LogP contribution in [0.4, 0.5) is 10.3 Å². The molecule has 1 aliphatic rings. The maximum Gasteiger partial charge on any atom is 0.302 e. The number of nitrogens with zero attached hydrogens (tertiary/aromatic N) is 2. The quantitative estimate of drug-likeness (QED) is 0.226. The van der Waals surface area contributed by atoms with E-state index in [1.165, 1.54) is 24.5 Å². The highest BCUT2D eigenvalue weighted by Gasteiger charge is 2.49. The van der Waals surface area contributed by atoms with Gasteiger partial charge in [0.15, 0.2) is 0 Å². The lowest BCUT2D eigenvalue weighted by Gasteiger charge is -2.20. The van der Waals surface area contributed by atoms with Crippen LogP contribution in [0.2, 0.25) is 0 Å². The molecule has 3 aromatic carbocycles. The molecule has 1 unspecified atom stereocenters. The van der Waals surface area contributed by atoms with Crippen molar-refractivity contribution in [2.45, 2.75) is 6.04 Å². The minimum absolute atomic E-state index is 0.0427. The van der Waals surface area contributed by atoms with E-state index in [-0.39, 0.29) is 23.0 Å². The first-order valence-electron chi connectivity index (χ1n) is 10.5. The number of imidazole rings is 1. The van der Waals surface area contributed by atoms with E-state index in [1.54, 1.807) is 24.3 Å². The molecule has 0 radical (unpaired) electrons. The minimum atomic E-state index is -1.07. The maximum atomic E-state index is 13.7. The molecule has 0 aliphatic carbocycles. The van der Waals surface area contributed by atoms with Gasteiger partial charge in [-0.05, 0) is 41.1 Å². The third-order valence-corrected chi connectivity index (χ3v) is 5.96. The summed E-state index contributed by atoms with van der Waals surface area (Å²) in [5.41, 5.74) is 1.08. The number of H-pyrrole nitrogens is 1. The molecule has 2 aromatic heterocycles. The van der Waals surface area contributed by atoms with Crippen LogP contribution in [0.5, 0.6) is 0 Å². The highest BCUT2D eigenvalue weighted by molar-refractivity contribution is 6.51. The molecular weight excluding hydrogens is 437 g/mol. The van der Waals surface area contributed by atoms with Crippen LogP contribution in [0.3, 0.4) is 0 Å². The number of Topliss-reactive ketones (excluding diaryl/α,β-unsaturated/α-hetero) is 1. The van der Waals surface area contributed by atoms with Crippen molar-refractivity contribution in [3.8, 4) is 0 Å². The summed E-state index contributed by atoms with van der Waals surface area (Å²) in [5, 5.41) is 13.0. The Kier molecular flexibility index (Phi) is 4.35. The zero-order chi connectivity index (χ0) is 23.4. The summed E-state index contributed by atoms with van der Waals surface area (Å²) in [7, 11) is 0. The predicted molar refractivity (Wildman–Crippen MR) is 123 cm³/mol. The monoisotopic (exact) mass is 453 g/mol. The Morgan fingerprint density at radius 2 is 1.85 bits per heavy atom. The SMILES string of the molecule is O=C1C(=O)N(c2nc3ccc(F)cc3[nH]2)C(c2ccco2)/C1=C(\O)c1cccc2ccccc12. The fraction of sp³-hybridized carbons (Fsp3) is 0.0385. The molecule has 1 fully saturated rings. The number of carbonyl (C=O) groups excluding carboxylic acids is 2. The summed E-state index contributed by atoms with van der Waals surface area (Å²) in [6, 6.07) is 18.9. The number of aromatic amines is 1. The van der Waals surface area contributed by atoms with E-state index in [1.807, 2.05) is 30.3 Å². The number of fused-ring (bicyclic) bond motifs is 2. The number of aliphatic hydroxyl groups excluding tert-OH is 1. The van der Waals surface area contributed by atoms with Gasteiger partial charge in [-0.3, -0.25) is 14.5 Å². The molecule has 2 N–H and O–H groups in total. The molecule has 34 heavy (non-hydrogen) atoms. The summed E-state index contributed by atoms with van der Waals surface area (Å²) >= 11 is 0. The van der Waals surface area contributed by atoms with E-state index in [2.05, 4.69) is 9.97 Å². The normalized spacial score (nSPS) is 17.8. The van der Waals surface area contributed by atoms with Gasteiger partial charge in [0.1, 0.15) is 23.4 Å². The topological polar surface area (TPSA) is 99.4 Å². The Labute approximate surface area is 191 Å². The van der Waals surface area contributed by atoms with E-state index < -0.39 is 23.5 Å². The van der Waals surface area contributed by atoms with E-state index in [0.29, 0.717) is 16.6 Å². The molecule has 6 rings (SSSR count). The third-order valence-electron chi connectivity index (χ3n) is 5.96. The molecule has 8 heteroatoms. The van der Waals surface area contributed by atoms with Crippen LogP contribution in [0, 0.1) is 5.82 Å². The number of nitrogens with one attached hydrogen (secondary N) is 1. The summed E-state index contributed by atoms with van der Waals surface area (Å²) in [4.78, 5) is 34.9. The fourth-order valence-corrected chi connectivity index (χ4v) is 4.43. The van der Waals surface area contributed by atoms with Gasteiger partial charge in [0.05, 0.1) is 22.9 Å². The third kappa shape index (κ3) is 2.92. The van der Waals surface area contributed by atoms with Gasteiger partial charge in [0, 0.05) is 5.56 Å². The first kappa shape index (κ1) is 19.9. The van der Waals surface area contributed by atoms with Crippen LogP contribution in [0.25, 0.3) is 27.6 Å². The van der Waals surface area contributed by atoms with Crippen LogP contribution >= 0.6 is 0 Å². The number of hydrogen-bond donors (Lipinski definition) is 2. The van der Waals surface area contributed by atoms with Crippen molar-refractivity contribution < 1.29 is 23.5 Å². The first-order chi connectivity index (χ1) is 16.5. The van der Waals surface area contributed by atoms with E-state index in [0.717, 1.165) is 15.7 Å². The molecule has 1 atom stereocenters. The molecule has 1 saturated heterocycles. The Balaban J connectivity index is 1.59. The van der Waals surface area contributed by atoms with Gasteiger partial charge in [0.25, 0.3) is 5.78 Å². The van der Waals surface area contributed by atoms with Gasteiger partial charge in [0.2, 0.25) is 5.95 Å². The van der Waals surface area contributed by atoms with Crippen molar-refractivity contribution in [1.82, 2.24) is 9.97 Å². The second kappa shape index (κ2) is 7.41. The molecule has 1 aliphatic heterocycles. The number of aliphatic hydroxyl groups is 1. The highest BCUT2D eigenvalue weighted by atomic mass is 19.1. The lowest BCUT2D eigenvalue weighted by atomic mass is 9.96. The average Bonchev–Trinajstić information content (AvgIpc) is 3.57. The van der Waals surface area contributed by atoms with E-state index in [9.17, 15) is 19.1 Å². The van der Waals surface area contributed by atoms with E-state index in [4.69, 9.17) is 4.42 Å². The van der Waals surface area contributed by atoms with Crippen molar-refractivity contribution in [2.24, 2.45) is 0 Å². The molecule has 5 aromatic rings. The first-order valence-corrected chi connectivity index (χ1v) is 10.5.